The Kier molecular flexibility index (Phi) is 6.03. The van der Waals surface area contributed by atoms with Gasteiger partial charge in [-0.1, -0.05) is 31.5 Å². The molecular formula is C24H27N5O4S. The second kappa shape index (κ2) is 8.68. The van der Waals surface area contributed by atoms with Crippen LogP contribution in [0.1, 0.15) is 59.4 Å². The van der Waals surface area contributed by atoms with Gasteiger partial charge in [-0.05, 0) is 56.4 Å². The van der Waals surface area contributed by atoms with Crippen molar-refractivity contribution in [3.8, 4) is 11.6 Å². The third-order valence-corrected chi connectivity index (χ3v) is 7.19. The summed E-state index contributed by atoms with van der Waals surface area (Å²) in [5.41, 5.74) is 9.14. The summed E-state index contributed by atoms with van der Waals surface area (Å²) < 4.78 is 33.8. The first kappa shape index (κ1) is 23.6. The minimum Gasteiger partial charge on any atom is -0.438 e. The SMILES string of the molecule is Cc1ccc(Oc2nc3c(cc2C(=O)NS(=O)(=O)c2nccnc2N)CCCC3(C)C)c(C)c1. The van der Waals surface area contributed by atoms with Gasteiger partial charge >= 0.3 is 0 Å². The van der Waals surface area contributed by atoms with Crippen molar-refractivity contribution in [3.05, 3.63) is 64.6 Å². The molecule has 34 heavy (non-hydrogen) atoms. The van der Waals surface area contributed by atoms with Crippen LogP contribution in [-0.4, -0.2) is 29.3 Å². The molecular weight excluding hydrogens is 454 g/mol. The Morgan fingerprint density at radius 1 is 1.15 bits per heavy atom. The number of ether oxygens (including phenoxy) is 1. The van der Waals surface area contributed by atoms with Crippen LogP contribution in [-0.2, 0) is 21.9 Å². The number of benzene rings is 1. The van der Waals surface area contributed by atoms with Crippen LogP contribution in [0.15, 0.2) is 41.7 Å². The quantitative estimate of drug-likeness (QED) is 0.564. The van der Waals surface area contributed by atoms with Gasteiger partial charge < -0.3 is 10.5 Å². The van der Waals surface area contributed by atoms with Crippen LogP contribution >= 0.6 is 0 Å². The van der Waals surface area contributed by atoms with Crippen molar-refractivity contribution in [1.82, 2.24) is 19.7 Å². The largest absolute Gasteiger partial charge is 0.438 e. The van der Waals surface area contributed by atoms with Crippen LogP contribution in [0.4, 0.5) is 5.82 Å². The number of aryl methyl sites for hydroxylation is 3. The maximum absolute atomic E-state index is 13.2. The lowest BCUT2D eigenvalue weighted by Gasteiger charge is -2.32. The zero-order valence-electron chi connectivity index (χ0n) is 19.5. The first-order valence-electron chi connectivity index (χ1n) is 10.9. The van der Waals surface area contributed by atoms with Gasteiger partial charge in [0.2, 0.25) is 10.9 Å². The number of anilines is 1. The van der Waals surface area contributed by atoms with Gasteiger partial charge in [-0.3, -0.25) is 4.79 Å². The maximum atomic E-state index is 13.2. The van der Waals surface area contributed by atoms with E-state index >= 15 is 0 Å². The van der Waals surface area contributed by atoms with Crippen molar-refractivity contribution in [2.45, 2.75) is 57.4 Å². The van der Waals surface area contributed by atoms with E-state index in [4.69, 9.17) is 15.5 Å². The minimum atomic E-state index is -4.37. The van der Waals surface area contributed by atoms with E-state index in [-0.39, 0.29) is 22.7 Å². The summed E-state index contributed by atoms with van der Waals surface area (Å²) in [6, 6.07) is 7.33. The third kappa shape index (κ3) is 4.58. The number of nitrogens with one attached hydrogen (secondary N) is 1. The number of pyridine rings is 1. The standard InChI is InChI=1S/C24H27N5O4S/c1-14-7-8-18(15(2)12-14)33-22-17(13-16-6-5-9-24(3,4)19(16)28-22)21(30)29-34(31,32)23-20(25)26-10-11-27-23/h7-8,10-13H,5-6,9H2,1-4H3,(H2,25,26)(H,29,30). The predicted octanol–water partition coefficient (Wildman–Crippen LogP) is 3.60. The fraction of sp³-hybridized carbons (Fsp3) is 0.333. The number of carbonyl (C=O) groups excluding carboxylic acids is 1. The molecule has 0 spiro atoms. The average molecular weight is 482 g/mol. The monoisotopic (exact) mass is 481 g/mol. The molecule has 4 rings (SSSR count). The van der Waals surface area contributed by atoms with E-state index in [9.17, 15) is 13.2 Å². The van der Waals surface area contributed by atoms with E-state index in [1.807, 2.05) is 30.7 Å². The molecule has 1 aliphatic carbocycles. The van der Waals surface area contributed by atoms with E-state index in [1.165, 1.54) is 12.4 Å². The molecule has 10 heteroatoms. The molecule has 178 valence electrons. The van der Waals surface area contributed by atoms with Crippen LogP contribution in [0, 0.1) is 13.8 Å². The summed E-state index contributed by atoms with van der Waals surface area (Å²) in [6.45, 7) is 8.06. The summed E-state index contributed by atoms with van der Waals surface area (Å²) in [6.07, 6.45) is 5.07. The van der Waals surface area contributed by atoms with Crippen LogP contribution in [0.3, 0.4) is 0 Å². The first-order valence-corrected chi connectivity index (χ1v) is 12.4. The molecule has 2 heterocycles. The summed E-state index contributed by atoms with van der Waals surface area (Å²) in [5.74, 6) is -0.620. The Labute approximate surface area is 198 Å². The van der Waals surface area contributed by atoms with Crippen LogP contribution in [0.5, 0.6) is 11.6 Å². The van der Waals surface area contributed by atoms with E-state index < -0.39 is 21.0 Å². The highest BCUT2D eigenvalue weighted by Gasteiger charge is 2.33. The number of hydrogen-bond donors (Lipinski definition) is 2. The number of sulfonamides is 1. The van der Waals surface area contributed by atoms with Gasteiger partial charge in [0.15, 0.2) is 5.82 Å². The van der Waals surface area contributed by atoms with Gasteiger partial charge in [-0.25, -0.2) is 19.7 Å². The van der Waals surface area contributed by atoms with E-state index in [1.54, 1.807) is 12.1 Å². The van der Waals surface area contributed by atoms with Crippen molar-refractivity contribution in [2.75, 3.05) is 5.73 Å². The number of amides is 1. The highest BCUT2D eigenvalue weighted by Crippen LogP contribution is 2.39. The van der Waals surface area contributed by atoms with Crippen molar-refractivity contribution in [2.24, 2.45) is 0 Å². The number of nitrogens with two attached hydrogens (primary N) is 1. The van der Waals surface area contributed by atoms with Crippen LogP contribution < -0.4 is 15.2 Å². The normalized spacial score (nSPS) is 14.8. The number of nitrogen functional groups attached to an aromatic ring is 1. The van der Waals surface area contributed by atoms with Gasteiger partial charge in [0.1, 0.15) is 11.3 Å². The molecule has 0 saturated carbocycles. The first-order chi connectivity index (χ1) is 16.0. The average Bonchev–Trinajstić information content (AvgIpc) is 2.75. The molecule has 3 N–H and O–H groups in total. The van der Waals surface area contributed by atoms with Crippen LogP contribution in [0.2, 0.25) is 0 Å². The van der Waals surface area contributed by atoms with E-state index in [0.29, 0.717) is 5.75 Å². The second-order valence-corrected chi connectivity index (χ2v) is 10.7. The fourth-order valence-corrected chi connectivity index (χ4v) is 5.16. The number of carbonyl (C=O) groups is 1. The third-order valence-electron chi connectivity index (χ3n) is 5.91. The van der Waals surface area contributed by atoms with Crippen molar-refractivity contribution < 1.29 is 17.9 Å². The predicted molar refractivity (Wildman–Crippen MR) is 127 cm³/mol. The van der Waals surface area contributed by atoms with Gasteiger partial charge in [-0.2, -0.15) is 8.42 Å². The van der Waals surface area contributed by atoms with Crippen LogP contribution in [0.25, 0.3) is 0 Å². The van der Waals surface area contributed by atoms with Crippen molar-refractivity contribution in [1.29, 1.82) is 0 Å². The summed E-state index contributed by atoms with van der Waals surface area (Å²) in [5, 5.41) is -0.521. The Balaban J connectivity index is 1.79. The lowest BCUT2D eigenvalue weighted by molar-refractivity contribution is 0.0978. The zero-order chi connectivity index (χ0) is 24.7. The highest BCUT2D eigenvalue weighted by molar-refractivity contribution is 7.90. The fourth-order valence-electron chi connectivity index (χ4n) is 4.18. The smallest absolute Gasteiger partial charge is 0.285 e. The Morgan fingerprint density at radius 2 is 1.88 bits per heavy atom. The molecule has 0 bridgehead atoms. The summed E-state index contributed by atoms with van der Waals surface area (Å²) in [7, 11) is -4.37. The molecule has 3 aromatic rings. The van der Waals surface area contributed by atoms with Crippen molar-refractivity contribution in [3.63, 3.8) is 0 Å². The van der Waals surface area contributed by atoms with Gasteiger partial charge in [0.05, 0.1) is 5.69 Å². The molecule has 0 fully saturated rings. The molecule has 0 atom stereocenters. The molecule has 0 saturated heterocycles. The topological polar surface area (TPSA) is 137 Å². The zero-order valence-corrected chi connectivity index (χ0v) is 20.4. The Hall–Kier alpha value is -3.53. The molecule has 0 radical (unpaired) electrons. The lowest BCUT2D eigenvalue weighted by atomic mass is 9.75. The molecule has 1 aromatic carbocycles. The van der Waals surface area contributed by atoms with Crippen molar-refractivity contribution >= 4 is 21.7 Å². The molecule has 2 aromatic heterocycles. The number of aromatic nitrogens is 3. The highest BCUT2D eigenvalue weighted by atomic mass is 32.2. The van der Waals surface area contributed by atoms with Gasteiger partial charge in [-0.15, -0.1) is 0 Å². The minimum absolute atomic E-state index is 0.0162. The lowest BCUT2D eigenvalue weighted by Crippen LogP contribution is -2.33. The Morgan fingerprint density at radius 3 is 2.59 bits per heavy atom. The number of fused-ring (bicyclic) bond motifs is 1. The molecule has 0 aliphatic heterocycles. The molecule has 1 aliphatic rings. The molecule has 0 unspecified atom stereocenters. The number of hydrogen-bond acceptors (Lipinski definition) is 8. The van der Waals surface area contributed by atoms with Gasteiger partial charge in [0, 0.05) is 17.8 Å². The molecule has 9 nitrogen and oxygen atoms in total. The summed E-state index contributed by atoms with van der Waals surface area (Å²) >= 11 is 0. The number of nitrogens with zero attached hydrogens (tertiary/aromatic N) is 3. The van der Waals surface area contributed by atoms with E-state index in [2.05, 4.69) is 23.8 Å². The second-order valence-electron chi connectivity index (χ2n) is 9.14. The molecule has 1 amide bonds. The number of rotatable bonds is 5. The Bertz CT molecular complexity index is 1390. The summed E-state index contributed by atoms with van der Waals surface area (Å²) in [4.78, 5) is 25.5. The van der Waals surface area contributed by atoms with Gasteiger partial charge in [0.25, 0.3) is 15.9 Å². The van der Waals surface area contributed by atoms with E-state index in [0.717, 1.165) is 41.6 Å². The maximum Gasteiger partial charge on any atom is 0.285 e.